The van der Waals surface area contributed by atoms with Crippen molar-refractivity contribution in [2.24, 2.45) is 0 Å². The normalized spacial score (nSPS) is 18.5. The Morgan fingerprint density at radius 1 is 1.16 bits per heavy atom. The zero-order chi connectivity index (χ0) is 17.4. The lowest BCUT2D eigenvalue weighted by Crippen LogP contribution is -2.29. The lowest BCUT2D eigenvalue weighted by atomic mass is 10.0. The van der Waals surface area contributed by atoms with Crippen LogP contribution >= 0.6 is 0 Å². The topological polar surface area (TPSA) is 34.0 Å². The van der Waals surface area contributed by atoms with Crippen LogP contribution in [0.1, 0.15) is 30.1 Å². The van der Waals surface area contributed by atoms with Crippen molar-refractivity contribution >= 4 is 16.8 Å². The summed E-state index contributed by atoms with van der Waals surface area (Å²) in [7, 11) is 0. The Morgan fingerprint density at radius 2 is 1.96 bits per heavy atom. The summed E-state index contributed by atoms with van der Waals surface area (Å²) in [5.74, 6) is -0.590. The van der Waals surface area contributed by atoms with Crippen LogP contribution in [0.4, 0.5) is 8.78 Å². The van der Waals surface area contributed by atoms with E-state index in [4.69, 9.17) is 0 Å². The number of rotatable bonds is 4. The van der Waals surface area contributed by atoms with Crippen LogP contribution in [0.2, 0.25) is 0 Å². The largest absolute Gasteiger partial charge is 0.350 e. The highest BCUT2D eigenvalue weighted by Gasteiger charge is 2.32. The summed E-state index contributed by atoms with van der Waals surface area (Å²) in [6.45, 7) is 0.532. The van der Waals surface area contributed by atoms with E-state index < -0.39 is 18.0 Å². The maximum absolute atomic E-state index is 15.1. The van der Waals surface area contributed by atoms with Crippen molar-refractivity contribution in [3.63, 3.8) is 0 Å². The van der Waals surface area contributed by atoms with Gasteiger partial charge in [-0.1, -0.05) is 36.4 Å². The number of carbonyl (C=O) groups excluding carboxylic acids is 1. The fraction of sp³-hybridized carbons (Fsp3) is 0.250. The standard InChI is InChI=1S/C20H18F2N2O/c21-15-7-4-8-17-19(15)14(20(22)16-9-10-18(25)23-16)12-24(17)11-13-5-2-1-3-6-13/h1-8,12,16,20H,9-11H2,(H,23,25)/t16?,20-/m0/s1. The number of carbonyl (C=O) groups is 1. The van der Waals surface area contributed by atoms with Crippen molar-refractivity contribution in [3.05, 3.63) is 71.7 Å². The first-order chi connectivity index (χ1) is 12.1. The first-order valence-corrected chi connectivity index (χ1v) is 8.38. The average molecular weight is 340 g/mol. The second-order valence-corrected chi connectivity index (χ2v) is 6.45. The SMILES string of the molecule is O=C1CCC([C@@H](F)c2cn(Cc3ccccc3)c3cccc(F)c23)N1. The summed E-state index contributed by atoms with van der Waals surface area (Å²) in [5, 5.41) is 2.95. The van der Waals surface area contributed by atoms with Crippen molar-refractivity contribution in [1.82, 2.24) is 9.88 Å². The van der Waals surface area contributed by atoms with E-state index in [0.29, 0.717) is 35.9 Å². The number of benzene rings is 2. The number of fused-ring (bicyclic) bond motifs is 1. The minimum Gasteiger partial charge on any atom is -0.350 e. The molecule has 1 aromatic heterocycles. The molecular formula is C20H18F2N2O. The van der Waals surface area contributed by atoms with Gasteiger partial charge in [-0.2, -0.15) is 0 Å². The van der Waals surface area contributed by atoms with Gasteiger partial charge in [0.2, 0.25) is 5.91 Å². The fourth-order valence-corrected chi connectivity index (χ4v) is 3.53. The number of nitrogens with one attached hydrogen (secondary N) is 1. The molecule has 1 saturated heterocycles. The molecular weight excluding hydrogens is 322 g/mol. The number of alkyl halides is 1. The van der Waals surface area contributed by atoms with E-state index in [1.54, 1.807) is 18.3 Å². The molecule has 128 valence electrons. The predicted octanol–water partition coefficient (Wildman–Crippen LogP) is 4.12. The highest BCUT2D eigenvalue weighted by Crippen LogP contribution is 2.35. The summed E-state index contributed by atoms with van der Waals surface area (Å²) < 4.78 is 31.4. The van der Waals surface area contributed by atoms with Crippen molar-refractivity contribution in [3.8, 4) is 0 Å². The number of hydrogen-bond donors (Lipinski definition) is 1. The number of amides is 1. The Kier molecular flexibility index (Phi) is 3.99. The van der Waals surface area contributed by atoms with Crippen LogP contribution in [0.3, 0.4) is 0 Å². The van der Waals surface area contributed by atoms with Gasteiger partial charge in [0.25, 0.3) is 0 Å². The number of halogens is 2. The molecule has 2 aromatic carbocycles. The molecule has 25 heavy (non-hydrogen) atoms. The van der Waals surface area contributed by atoms with Crippen LogP contribution in [0.25, 0.3) is 10.9 Å². The Morgan fingerprint density at radius 3 is 2.68 bits per heavy atom. The molecule has 2 heterocycles. The van der Waals surface area contributed by atoms with E-state index in [9.17, 15) is 9.18 Å². The molecule has 0 aliphatic carbocycles. The third kappa shape index (κ3) is 2.90. The highest BCUT2D eigenvalue weighted by molar-refractivity contribution is 5.85. The molecule has 1 unspecified atom stereocenters. The Balaban J connectivity index is 1.77. The molecule has 0 radical (unpaired) electrons. The number of hydrogen-bond acceptors (Lipinski definition) is 1. The predicted molar refractivity (Wildman–Crippen MR) is 92.5 cm³/mol. The Hall–Kier alpha value is -2.69. The zero-order valence-electron chi connectivity index (χ0n) is 13.6. The monoisotopic (exact) mass is 340 g/mol. The smallest absolute Gasteiger partial charge is 0.220 e. The van der Waals surface area contributed by atoms with Gasteiger partial charge in [-0.3, -0.25) is 4.79 Å². The van der Waals surface area contributed by atoms with Crippen molar-refractivity contribution in [1.29, 1.82) is 0 Å². The maximum Gasteiger partial charge on any atom is 0.220 e. The first-order valence-electron chi connectivity index (χ1n) is 8.38. The van der Waals surface area contributed by atoms with Crippen LogP contribution in [0.5, 0.6) is 0 Å². The Bertz CT molecular complexity index is 920. The van der Waals surface area contributed by atoms with E-state index in [-0.39, 0.29) is 5.91 Å². The van der Waals surface area contributed by atoms with Crippen LogP contribution in [0.15, 0.2) is 54.7 Å². The summed E-state index contributed by atoms with van der Waals surface area (Å²) in [6.07, 6.45) is 0.995. The zero-order valence-corrected chi connectivity index (χ0v) is 13.6. The molecule has 1 N–H and O–H groups in total. The van der Waals surface area contributed by atoms with Crippen molar-refractivity contribution in [2.45, 2.75) is 31.6 Å². The van der Waals surface area contributed by atoms with Gasteiger partial charge in [-0.15, -0.1) is 0 Å². The van der Waals surface area contributed by atoms with E-state index >= 15 is 4.39 Å². The van der Waals surface area contributed by atoms with Gasteiger partial charge < -0.3 is 9.88 Å². The third-order valence-electron chi connectivity index (χ3n) is 4.76. The van der Waals surface area contributed by atoms with Gasteiger partial charge in [-0.05, 0) is 24.1 Å². The fourth-order valence-electron chi connectivity index (χ4n) is 3.53. The molecule has 2 atom stereocenters. The molecule has 1 fully saturated rings. The summed E-state index contributed by atoms with van der Waals surface area (Å²) >= 11 is 0. The molecule has 1 amide bonds. The minimum atomic E-state index is -1.43. The number of aromatic nitrogens is 1. The van der Waals surface area contributed by atoms with E-state index in [0.717, 1.165) is 5.56 Å². The van der Waals surface area contributed by atoms with Crippen LogP contribution < -0.4 is 5.32 Å². The summed E-state index contributed by atoms with van der Waals surface area (Å²) in [5.41, 5.74) is 2.02. The quantitative estimate of drug-likeness (QED) is 0.762. The number of nitrogens with zero attached hydrogens (tertiary/aromatic N) is 1. The molecule has 1 aliphatic heterocycles. The summed E-state index contributed by atoms with van der Waals surface area (Å²) in [4.78, 5) is 11.4. The van der Waals surface area contributed by atoms with Gasteiger partial charge >= 0.3 is 0 Å². The van der Waals surface area contributed by atoms with E-state index in [1.165, 1.54) is 6.07 Å². The molecule has 0 spiro atoms. The average Bonchev–Trinajstić information content (AvgIpc) is 3.21. The molecule has 5 heteroatoms. The maximum atomic E-state index is 15.1. The second kappa shape index (κ2) is 6.31. The third-order valence-corrected chi connectivity index (χ3v) is 4.76. The van der Waals surface area contributed by atoms with E-state index in [1.807, 2.05) is 34.9 Å². The minimum absolute atomic E-state index is 0.152. The highest BCUT2D eigenvalue weighted by atomic mass is 19.1. The van der Waals surface area contributed by atoms with Crippen molar-refractivity contribution in [2.75, 3.05) is 0 Å². The Labute approximate surface area is 144 Å². The molecule has 0 bridgehead atoms. The van der Waals surface area contributed by atoms with Crippen molar-refractivity contribution < 1.29 is 13.6 Å². The summed E-state index contributed by atoms with van der Waals surface area (Å²) in [6, 6.07) is 14.0. The molecule has 3 nitrogen and oxygen atoms in total. The first kappa shape index (κ1) is 15.8. The molecule has 0 saturated carbocycles. The van der Waals surface area contributed by atoms with Gasteiger partial charge in [0.1, 0.15) is 12.0 Å². The van der Waals surface area contributed by atoms with Gasteiger partial charge in [-0.25, -0.2) is 8.78 Å². The van der Waals surface area contributed by atoms with Gasteiger partial charge in [0.15, 0.2) is 0 Å². The van der Waals surface area contributed by atoms with Crippen LogP contribution in [-0.2, 0) is 11.3 Å². The van der Waals surface area contributed by atoms with E-state index in [2.05, 4.69) is 5.32 Å². The van der Waals surface area contributed by atoms with Gasteiger partial charge in [0.05, 0.1) is 11.6 Å². The van der Waals surface area contributed by atoms with Crippen LogP contribution in [0, 0.1) is 5.82 Å². The van der Waals surface area contributed by atoms with Crippen LogP contribution in [-0.4, -0.2) is 16.5 Å². The molecule has 4 rings (SSSR count). The van der Waals surface area contributed by atoms with Gasteiger partial charge in [0, 0.05) is 30.1 Å². The lowest BCUT2D eigenvalue weighted by molar-refractivity contribution is -0.119. The molecule has 3 aromatic rings. The molecule has 1 aliphatic rings. The second-order valence-electron chi connectivity index (χ2n) is 6.45. The lowest BCUT2D eigenvalue weighted by Gasteiger charge is -2.15.